The highest BCUT2D eigenvalue weighted by molar-refractivity contribution is 5.07. The third-order valence-electron chi connectivity index (χ3n) is 2.48. The maximum atomic E-state index is 4.39. The highest BCUT2D eigenvalue weighted by Gasteiger charge is 2.14. The van der Waals surface area contributed by atoms with E-state index in [0.717, 1.165) is 12.2 Å². The van der Waals surface area contributed by atoms with Crippen LogP contribution in [-0.4, -0.2) is 22.4 Å². The fourth-order valence-electron chi connectivity index (χ4n) is 1.43. The number of nitrogens with one attached hydrogen (secondary N) is 1. The van der Waals surface area contributed by atoms with Crippen LogP contribution in [0.5, 0.6) is 0 Å². The van der Waals surface area contributed by atoms with E-state index >= 15 is 0 Å². The van der Waals surface area contributed by atoms with E-state index in [2.05, 4.69) is 37.3 Å². The van der Waals surface area contributed by atoms with Gasteiger partial charge < -0.3 is 5.32 Å². The monoisotopic (exact) mass is 181 g/mol. The van der Waals surface area contributed by atoms with Crippen LogP contribution in [0.1, 0.15) is 32.4 Å². The fourth-order valence-corrected chi connectivity index (χ4v) is 1.43. The molecule has 0 bridgehead atoms. The van der Waals surface area contributed by atoms with Crippen molar-refractivity contribution < 1.29 is 0 Å². The summed E-state index contributed by atoms with van der Waals surface area (Å²) in [5, 5.41) is 7.79. The Morgan fingerprint density at radius 2 is 2.23 bits per heavy atom. The lowest BCUT2D eigenvalue weighted by atomic mass is 10.0. The Hall–Kier alpha value is -0.830. The summed E-state index contributed by atoms with van der Waals surface area (Å²) in [5.41, 5.74) is 1.16. The van der Waals surface area contributed by atoms with Gasteiger partial charge in [0.1, 0.15) is 0 Å². The largest absolute Gasteiger partial charge is 0.314 e. The highest BCUT2D eigenvalue weighted by Crippen LogP contribution is 2.16. The van der Waals surface area contributed by atoms with E-state index in [9.17, 15) is 0 Å². The zero-order valence-electron chi connectivity index (χ0n) is 8.91. The highest BCUT2D eigenvalue weighted by atomic mass is 15.2. The van der Waals surface area contributed by atoms with Crippen LogP contribution in [0.4, 0.5) is 0 Å². The van der Waals surface area contributed by atoms with Crippen LogP contribution >= 0.6 is 0 Å². The molecule has 0 aliphatic heterocycles. The molecule has 0 amide bonds. The number of hydrogen-bond donors (Lipinski definition) is 1. The molecule has 0 saturated carbocycles. The molecule has 13 heavy (non-hydrogen) atoms. The van der Waals surface area contributed by atoms with Crippen molar-refractivity contribution in [2.24, 2.45) is 7.05 Å². The minimum Gasteiger partial charge on any atom is -0.314 e. The number of nitrogens with zero attached hydrogens (tertiary/aromatic N) is 2. The summed E-state index contributed by atoms with van der Waals surface area (Å²) < 4.78 is 1.85. The molecular weight excluding hydrogens is 162 g/mol. The average molecular weight is 181 g/mol. The van der Waals surface area contributed by atoms with E-state index in [0.29, 0.717) is 12.0 Å². The number of aromatic nitrogens is 2. The Bertz CT molecular complexity index is 254. The van der Waals surface area contributed by atoms with Gasteiger partial charge in [0.15, 0.2) is 0 Å². The quantitative estimate of drug-likeness (QED) is 0.763. The van der Waals surface area contributed by atoms with Crippen molar-refractivity contribution in [3.8, 4) is 0 Å². The van der Waals surface area contributed by atoms with Gasteiger partial charge in [-0.15, -0.1) is 0 Å². The molecule has 2 atom stereocenters. The predicted octanol–water partition coefficient (Wildman–Crippen LogP) is 1.52. The molecule has 1 N–H and O–H groups in total. The van der Waals surface area contributed by atoms with Gasteiger partial charge in [0.2, 0.25) is 0 Å². The SMILES string of the molecule is CCNC(C)C(C)c1ccn(C)n1. The summed E-state index contributed by atoms with van der Waals surface area (Å²) in [6, 6.07) is 2.57. The smallest absolute Gasteiger partial charge is 0.0668 e. The fraction of sp³-hybridized carbons (Fsp3) is 0.700. The van der Waals surface area contributed by atoms with Crippen molar-refractivity contribution in [3.63, 3.8) is 0 Å². The molecule has 0 radical (unpaired) electrons. The minimum atomic E-state index is 0.473. The molecule has 1 aromatic heterocycles. The second-order valence-corrected chi connectivity index (χ2v) is 3.55. The summed E-state index contributed by atoms with van der Waals surface area (Å²) in [5.74, 6) is 0.473. The maximum absolute atomic E-state index is 4.39. The molecule has 3 heteroatoms. The first-order valence-corrected chi connectivity index (χ1v) is 4.88. The lowest BCUT2D eigenvalue weighted by Gasteiger charge is -2.18. The Balaban J connectivity index is 2.61. The van der Waals surface area contributed by atoms with Crippen molar-refractivity contribution in [1.82, 2.24) is 15.1 Å². The van der Waals surface area contributed by atoms with E-state index in [1.807, 2.05) is 17.9 Å². The summed E-state index contributed by atoms with van der Waals surface area (Å²) in [6.45, 7) is 7.54. The van der Waals surface area contributed by atoms with Crippen molar-refractivity contribution in [2.75, 3.05) is 6.54 Å². The number of aryl methyl sites for hydroxylation is 1. The molecule has 1 aromatic rings. The van der Waals surface area contributed by atoms with E-state index in [4.69, 9.17) is 0 Å². The van der Waals surface area contributed by atoms with Crippen molar-refractivity contribution in [3.05, 3.63) is 18.0 Å². The van der Waals surface area contributed by atoms with E-state index in [1.165, 1.54) is 0 Å². The number of likely N-dealkylation sites (N-methyl/N-ethyl adjacent to an activating group) is 1. The van der Waals surface area contributed by atoms with Crippen molar-refractivity contribution in [2.45, 2.75) is 32.7 Å². The number of hydrogen-bond acceptors (Lipinski definition) is 2. The van der Waals surface area contributed by atoms with Gasteiger partial charge in [-0.2, -0.15) is 5.10 Å². The summed E-state index contributed by atoms with van der Waals surface area (Å²) in [6.07, 6.45) is 1.99. The molecule has 3 nitrogen and oxygen atoms in total. The van der Waals surface area contributed by atoms with Gasteiger partial charge in [-0.3, -0.25) is 4.68 Å². The maximum Gasteiger partial charge on any atom is 0.0668 e. The number of rotatable bonds is 4. The van der Waals surface area contributed by atoms with E-state index in [-0.39, 0.29) is 0 Å². The summed E-state index contributed by atoms with van der Waals surface area (Å²) in [4.78, 5) is 0. The molecule has 0 spiro atoms. The van der Waals surface area contributed by atoms with Crippen LogP contribution in [0, 0.1) is 0 Å². The Kier molecular flexibility index (Phi) is 3.48. The molecular formula is C10H19N3. The van der Waals surface area contributed by atoms with Crippen molar-refractivity contribution in [1.29, 1.82) is 0 Å². The van der Waals surface area contributed by atoms with Crippen molar-refractivity contribution >= 4 is 0 Å². The summed E-state index contributed by atoms with van der Waals surface area (Å²) >= 11 is 0. The van der Waals surface area contributed by atoms with Gasteiger partial charge in [0, 0.05) is 25.2 Å². The lowest BCUT2D eigenvalue weighted by Crippen LogP contribution is -2.30. The van der Waals surface area contributed by atoms with E-state index in [1.54, 1.807) is 0 Å². The second-order valence-electron chi connectivity index (χ2n) is 3.55. The molecule has 0 fully saturated rings. The first kappa shape index (κ1) is 10.3. The Morgan fingerprint density at radius 1 is 1.54 bits per heavy atom. The Morgan fingerprint density at radius 3 is 2.69 bits per heavy atom. The molecule has 74 valence electrons. The van der Waals surface area contributed by atoms with Gasteiger partial charge in [-0.25, -0.2) is 0 Å². The van der Waals surface area contributed by atoms with Crippen LogP contribution in [0.3, 0.4) is 0 Å². The first-order chi connectivity index (χ1) is 6.15. The average Bonchev–Trinajstić information content (AvgIpc) is 2.51. The van der Waals surface area contributed by atoms with Crippen LogP contribution in [-0.2, 0) is 7.05 Å². The zero-order valence-corrected chi connectivity index (χ0v) is 8.91. The topological polar surface area (TPSA) is 29.9 Å². The lowest BCUT2D eigenvalue weighted by molar-refractivity contribution is 0.483. The first-order valence-electron chi connectivity index (χ1n) is 4.88. The van der Waals surface area contributed by atoms with Crippen LogP contribution in [0.15, 0.2) is 12.3 Å². The van der Waals surface area contributed by atoms with Gasteiger partial charge in [0.05, 0.1) is 5.69 Å². The molecule has 0 aliphatic carbocycles. The normalized spacial score (nSPS) is 15.7. The van der Waals surface area contributed by atoms with Gasteiger partial charge in [-0.1, -0.05) is 13.8 Å². The van der Waals surface area contributed by atoms with Gasteiger partial charge in [0.25, 0.3) is 0 Å². The predicted molar refractivity (Wildman–Crippen MR) is 54.8 cm³/mol. The summed E-state index contributed by atoms with van der Waals surface area (Å²) in [7, 11) is 1.95. The molecule has 0 aliphatic rings. The van der Waals surface area contributed by atoms with Gasteiger partial charge >= 0.3 is 0 Å². The van der Waals surface area contributed by atoms with Crippen LogP contribution in [0.2, 0.25) is 0 Å². The standard InChI is InChI=1S/C10H19N3/c1-5-11-9(3)8(2)10-6-7-13(4)12-10/h6-9,11H,5H2,1-4H3. The van der Waals surface area contributed by atoms with Crippen LogP contribution < -0.4 is 5.32 Å². The second kappa shape index (κ2) is 4.42. The molecule has 0 saturated heterocycles. The van der Waals surface area contributed by atoms with E-state index < -0.39 is 0 Å². The third kappa shape index (κ3) is 2.56. The third-order valence-corrected chi connectivity index (χ3v) is 2.48. The van der Waals surface area contributed by atoms with Crippen LogP contribution in [0.25, 0.3) is 0 Å². The molecule has 1 rings (SSSR count). The molecule has 0 aromatic carbocycles. The Labute approximate surface area is 80.1 Å². The zero-order chi connectivity index (χ0) is 9.84. The minimum absolute atomic E-state index is 0.473. The molecule has 1 heterocycles. The molecule has 2 unspecified atom stereocenters. The van der Waals surface area contributed by atoms with Gasteiger partial charge in [-0.05, 0) is 19.5 Å².